The molecule has 4 heteroatoms. The first kappa shape index (κ1) is 9.35. The lowest BCUT2D eigenvalue weighted by Crippen LogP contribution is -2.34. The lowest BCUT2D eigenvalue weighted by molar-refractivity contribution is 0.340. The average Bonchev–Trinajstić information content (AvgIpc) is 1.62. The van der Waals surface area contributed by atoms with E-state index in [2.05, 4.69) is 19.6 Å². The molecule has 0 unspecified atom stereocenters. The van der Waals surface area contributed by atoms with Crippen molar-refractivity contribution in [3.63, 3.8) is 0 Å². The Morgan fingerprint density at radius 2 is 1.67 bits per heavy atom. The maximum atomic E-state index is 5.61. The highest BCUT2D eigenvalue weighted by atomic mass is 28.4. The highest BCUT2D eigenvalue weighted by Crippen LogP contribution is 2.04. The molecular weight excluding hydrogens is 148 g/mol. The van der Waals surface area contributed by atoms with Gasteiger partial charge < -0.3 is 8.54 Å². The largest absolute Gasteiger partial charge is 0.435 e. The molecule has 0 aliphatic carbocycles. The summed E-state index contributed by atoms with van der Waals surface area (Å²) in [5, 5.41) is 0. The maximum Gasteiger partial charge on any atom is 0.369 e. The Labute approximate surface area is 60.2 Å². The number of hydrogen-bond acceptors (Lipinski definition) is 2. The van der Waals surface area contributed by atoms with Gasteiger partial charge in [0.2, 0.25) is 0 Å². The molecule has 55 valence electrons. The normalized spacial score (nSPS) is 12.7. The molecule has 0 aromatic carbocycles. The van der Waals surface area contributed by atoms with Crippen LogP contribution >= 0.6 is 0 Å². The van der Waals surface area contributed by atoms with E-state index < -0.39 is 17.6 Å². The van der Waals surface area contributed by atoms with Crippen molar-refractivity contribution in [2.75, 3.05) is 7.11 Å². The summed E-state index contributed by atoms with van der Waals surface area (Å²) in [6.07, 6.45) is 0. The van der Waals surface area contributed by atoms with Crippen LogP contribution in [0.25, 0.3) is 0 Å². The number of hydrogen-bond donors (Lipinski definition) is 0. The zero-order chi connectivity index (χ0) is 7.49. The Kier molecular flexibility index (Phi) is 3.64. The van der Waals surface area contributed by atoms with Crippen LogP contribution in [0.3, 0.4) is 0 Å². The van der Waals surface area contributed by atoms with E-state index in [1.54, 1.807) is 7.11 Å². The van der Waals surface area contributed by atoms with Gasteiger partial charge in [-0.05, 0) is 26.2 Å². The first-order chi connectivity index (χ1) is 3.95. The molecular formula is C5H15O2Si2. The van der Waals surface area contributed by atoms with Gasteiger partial charge in [0.1, 0.15) is 0 Å². The Balaban J connectivity index is 3.47. The fourth-order valence-corrected chi connectivity index (χ4v) is 4.26. The average molecular weight is 163 g/mol. The molecule has 0 aliphatic heterocycles. The minimum Gasteiger partial charge on any atom is -0.435 e. The molecule has 0 aromatic heterocycles. The first-order valence-corrected chi connectivity index (χ1v) is 8.25. The summed E-state index contributed by atoms with van der Waals surface area (Å²) in [6, 6.07) is 0. The van der Waals surface area contributed by atoms with Gasteiger partial charge >= 0.3 is 9.28 Å². The van der Waals surface area contributed by atoms with Crippen molar-refractivity contribution in [2.45, 2.75) is 26.2 Å². The van der Waals surface area contributed by atoms with Crippen molar-refractivity contribution in [1.82, 2.24) is 0 Å². The van der Waals surface area contributed by atoms with E-state index in [-0.39, 0.29) is 0 Å². The Morgan fingerprint density at radius 3 is 1.78 bits per heavy atom. The highest BCUT2D eigenvalue weighted by Gasteiger charge is 2.19. The van der Waals surface area contributed by atoms with Crippen LogP contribution in [-0.2, 0) is 8.54 Å². The molecule has 9 heavy (non-hydrogen) atoms. The molecule has 0 amide bonds. The first-order valence-electron chi connectivity index (χ1n) is 3.02. The van der Waals surface area contributed by atoms with E-state index in [1.165, 1.54) is 0 Å². The molecule has 0 saturated carbocycles. The van der Waals surface area contributed by atoms with E-state index in [0.717, 1.165) is 0 Å². The Bertz CT molecular complexity index is 79.5. The molecule has 0 heterocycles. The quantitative estimate of drug-likeness (QED) is 0.588. The van der Waals surface area contributed by atoms with E-state index in [0.29, 0.717) is 0 Å². The summed E-state index contributed by atoms with van der Waals surface area (Å²) < 4.78 is 10.6. The summed E-state index contributed by atoms with van der Waals surface area (Å²) in [6.45, 7) is 8.52. The van der Waals surface area contributed by atoms with Crippen molar-refractivity contribution in [3.05, 3.63) is 0 Å². The third-order valence-electron chi connectivity index (χ3n) is 0.737. The fraction of sp³-hybridized carbons (Fsp3) is 1.00. The molecule has 0 N–H and O–H groups in total. The van der Waals surface area contributed by atoms with Gasteiger partial charge in [-0.1, -0.05) is 0 Å². The Morgan fingerprint density at radius 1 is 1.22 bits per heavy atom. The standard InChI is InChI=1S/C5H15O2Si2/c1-6-8(2)7-9(3,4)5/h1-5H3. The third kappa shape index (κ3) is 6.24. The lowest BCUT2D eigenvalue weighted by atomic mass is 11.8. The van der Waals surface area contributed by atoms with Crippen LogP contribution in [0.1, 0.15) is 0 Å². The molecule has 0 aliphatic rings. The SMILES string of the molecule is CO[Si](C)O[Si](C)(C)C. The molecule has 0 saturated heterocycles. The smallest absolute Gasteiger partial charge is 0.369 e. The second-order valence-electron chi connectivity index (χ2n) is 2.91. The van der Waals surface area contributed by atoms with Crippen molar-refractivity contribution in [3.8, 4) is 0 Å². The maximum absolute atomic E-state index is 5.61. The molecule has 0 rings (SSSR count). The van der Waals surface area contributed by atoms with Gasteiger partial charge in [-0.15, -0.1) is 0 Å². The topological polar surface area (TPSA) is 18.5 Å². The number of rotatable bonds is 3. The van der Waals surface area contributed by atoms with Crippen LogP contribution in [0.2, 0.25) is 26.2 Å². The molecule has 1 radical (unpaired) electrons. The molecule has 0 atom stereocenters. The van der Waals surface area contributed by atoms with Gasteiger partial charge in [-0.3, -0.25) is 0 Å². The zero-order valence-corrected chi connectivity index (χ0v) is 8.82. The minimum atomic E-state index is -1.32. The van der Waals surface area contributed by atoms with Crippen LogP contribution < -0.4 is 0 Å². The predicted octanol–water partition coefficient (Wildman–Crippen LogP) is 1.60. The van der Waals surface area contributed by atoms with Crippen LogP contribution in [-0.4, -0.2) is 24.7 Å². The molecule has 0 bridgehead atoms. The van der Waals surface area contributed by atoms with E-state index in [9.17, 15) is 0 Å². The van der Waals surface area contributed by atoms with Gasteiger partial charge in [0.15, 0.2) is 8.32 Å². The fourth-order valence-electron chi connectivity index (χ4n) is 0.473. The van der Waals surface area contributed by atoms with E-state index in [4.69, 9.17) is 8.54 Å². The molecule has 0 spiro atoms. The molecule has 0 fully saturated rings. The van der Waals surface area contributed by atoms with Crippen LogP contribution in [0.5, 0.6) is 0 Å². The second-order valence-corrected chi connectivity index (χ2v) is 9.34. The third-order valence-corrected chi connectivity index (χ3v) is 4.91. The summed E-state index contributed by atoms with van der Waals surface area (Å²) in [7, 11) is -0.543. The van der Waals surface area contributed by atoms with Crippen molar-refractivity contribution < 1.29 is 8.54 Å². The highest BCUT2D eigenvalue weighted by molar-refractivity contribution is 6.75. The van der Waals surface area contributed by atoms with E-state index in [1.807, 2.05) is 6.55 Å². The van der Waals surface area contributed by atoms with Crippen molar-refractivity contribution in [2.24, 2.45) is 0 Å². The van der Waals surface area contributed by atoms with Crippen LogP contribution in [0.15, 0.2) is 0 Å². The van der Waals surface area contributed by atoms with Crippen molar-refractivity contribution in [1.29, 1.82) is 0 Å². The van der Waals surface area contributed by atoms with Gasteiger partial charge in [-0.2, -0.15) is 0 Å². The monoisotopic (exact) mass is 163 g/mol. The van der Waals surface area contributed by atoms with Gasteiger partial charge in [0.25, 0.3) is 0 Å². The molecule has 0 aromatic rings. The van der Waals surface area contributed by atoms with Gasteiger partial charge in [-0.25, -0.2) is 0 Å². The second kappa shape index (κ2) is 3.50. The summed E-state index contributed by atoms with van der Waals surface area (Å²) in [4.78, 5) is 0. The predicted molar refractivity (Wildman–Crippen MR) is 43.1 cm³/mol. The van der Waals surface area contributed by atoms with Crippen LogP contribution in [0, 0.1) is 0 Å². The zero-order valence-electron chi connectivity index (χ0n) is 6.82. The van der Waals surface area contributed by atoms with Crippen molar-refractivity contribution >= 4 is 17.6 Å². The summed E-state index contributed by atoms with van der Waals surface area (Å²) in [5.74, 6) is 0. The van der Waals surface area contributed by atoms with Crippen LogP contribution in [0.4, 0.5) is 0 Å². The molecule has 2 nitrogen and oxygen atoms in total. The van der Waals surface area contributed by atoms with Gasteiger partial charge in [0.05, 0.1) is 0 Å². The Hall–Kier alpha value is 0.354. The van der Waals surface area contributed by atoms with Gasteiger partial charge in [0, 0.05) is 7.11 Å². The minimum absolute atomic E-state index is 0.925. The van der Waals surface area contributed by atoms with E-state index >= 15 is 0 Å². The summed E-state index contributed by atoms with van der Waals surface area (Å²) in [5.41, 5.74) is 0. The lowest BCUT2D eigenvalue weighted by Gasteiger charge is -2.19. The summed E-state index contributed by atoms with van der Waals surface area (Å²) >= 11 is 0.